The minimum absolute atomic E-state index is 0.00945. The summed E-state index contributed by atoms with van der Waals surface area (Å²) in [6.45, 7) is 1.87. The van der Waals surface area contributed by atoms with Crippen molar-refractivity contribution in [3.8, 4) is 11.5 Å². The Labute approximate surface area is 168 Å². The van der Waals surface area contributed by atoms with Crippen LogP contribution in [0.4, 0.5) is 0 Å². The lowest BCUT2D eigenvalue weighted by Gasteiger charge is -2.42. The summed E-state index contributed by atoms with van der Waals surface area (Å²) >= 11 is 3.53. The summed E-state index contributed by atoms with van der Waals surface area (Å²) in [7, 11) is 1.67. The number of methoxy groups -OCH3 is 1. The van der Waals surface area contributed by atoms with E-state index in [1.807, 2.05) is 24.3 Å². The van der Waals surface area contributed by atoms with Crippen LogP contribution in [0, 0.1) is 0 Å². The molecule has 4 rings (SSSR count). The Morgan fingerprint density at radius 3 is 2.59 bits per heavy atom. The summed E-state index contributed by atoms with van der Waals surface area (Å²) in [6, 6.07) is 13.7. The summed E-state index contributed by atoms with van der Waals surface area (Å²) in [4.78, 5) is 5.16. The van der Waals surface area contributed by atoms with Crippen LogP contribution in [0.25, 0.3) is 0 Å². The first-order chi connectivity index (χ1) is 13.1. The number of nitrogens with one attached hydrogen (secondary N) is 2. The van der Waals surface area contributed by atoms with Gasteiger partial charge >= 0.3 is 0 Å². The molecule has 3 N–H and O–H groups in total. The summed E-state index contributed by atoms with van der Waals surface area (Å²) < 4.78 is 6.25. The van der Waals surface area contributed by atoms with Crippen LogP contribution in [-0.4, -0.2) is 36.7 Å². The fraction of sp³-hybridized carbons (Fsp3) is 0.381. The van der Waals surface area contributed by atoms with Crippen molar-refractivity contribution in [2.45, 2.75) is 31.0 Å². The summed E-state index contributed by atoms with van der Waals surface area (Å²) in [5.74, 6) is 1.15. The number of hydrogen-bond acceptors (Lipinski definition) is 5. The second kappa shape index (κ2) is 7.62. The molecule has 6 heteroatoms. The molecule has 2 aliphatic rings. The van der Waals surface area contributed by atoms with E-state index in [-0.39, 0.29) is 11.7 Å². The van der Waals surface area contributed by atoms with E-state index in [2.05, 4.69) is 38.7 Å². The van der Waals surface area contributed by atoms with Crippen molar-refractivity contribution in [1.29, 1.82) is 0 Å². The molecule has 2 aromatic rings. The van der Waals surface area contributed by atoms with Gasteiger partial charge in [0.2, 0.25) is 0 Å². The lowest BCUT2D eigenvalue weighted by atomic mass is 9.88. The number of aromatic hydroxyl groups is 1. The van der Waals surface area contributed by atoms with Crippen LogP contribution in [0.1, 0.15) is 36.4 Å². The van der Waals surface area contributed by atoms with E-state index in [4.69, 9.17) is 9.73 Å². The number of ether oxygens (including phenoxy) is 1. The molecule has 2 heterocycles. The minimum Gasteiger partial charge on any atom is -0.508 e. The minimum atomic E-state index is -0.293. The van der Waals surface area contributed by atoms with Gasteiger partial charge in [-0.15, -0.1) is 0 Å². The van der Waals surface area contributed by atoms with Crippen molar-refractivity contribution < 1.29 is 9.84 Å². The fourth-order valence-electron chi connectivity index (χ4n) is 3.96. The zero-order valence-corrected chi connectivity index (χ0v) is 16.9. The van der Waals surface area contributed by atoms with E-state index >= 15 is 0 Å². The average Bonchev–Trinajstić information content (AvgIpc) is 2.70. The molecular weight excluding hydrogens is 406 g/mol. The quantitative estimate of drug-likeness (QED) is 0.694. The zero-order chi connectivity index (χ0) is 18.9. The molecule has 1 fully saturated rings. The molecule has 1 atom stereocenters. The highest BCUT2D eigenvalue weighted by atomic mass is 79.9. The first-order valence-electron chi connectivity index (χ1n) is 9.28. The molecule has 1 spiro atoms. The summed E-state index contributed by atoms with van der Waals surface area (Å²) in [6.07, 6.45) is 2.58. The van der Waals surface area contributed by atoms with Crippen LogP contribution < -0.4 is 15.4 Å². The molecule has 142 valence electrons. The fourth-order valence-corrected chi connectivity index (χ4v) is 4.34. The highest BCUT2D eigenvalue weighted by molar-refractivity contribution is 9.10. The van der Waals surface area contributed by atoms with Crippen LogP contribution in [0.3, 0.4) is 0 Å². The maximum Gasteiger partial charge on any atom is 0.120 e. The summed E-state index contributed by atoms with van der Waals surface area (Å²) in [5.41, 5.74) is 2.79. The van der Waals surface area contributed by atoms with Crippen LogP contribution in [0.5, 0.6) is 11.5 Å². The van der Waals surface area contributed by atoms with Crippen LogP contribution in [-0.2, 0) is 0 Å². The van der Waals surface area contributed by atoms with Crippen molar-refractivity contribution in [2.24, 2.45) is 4.99 Å². The van der Waals surface area contributed by atoms with Gasteiger partial charge in [-0.05, 0) is 74.0 Å². The third-order valence-electron chi connectivity index (χ3n) is 5.41. The van der Waals surface area contributed by atoms with E-state index in [1.165, 1.54) is 0 Å². The number of piperidine rings is 1. The summed E-state index contributed by atoms with van der Waals surface area (Å²) in [5, 5.41) is 17.6. The Morgan fingerprint density at radius 1 is 1.15 bits per heavy atom. The Kier molecular flexibility index (Phi) is 5.21. The average molecular weight is 430 g/mol. The first-order valence-corrected chi connectivity index (χ1v) is 10.1. The van der Waals surface area contributed by atoms with Crippen LogP contribution in [0.15, 0.2) is 51.9 Å². The lowest BCUT2D eigenvalue weighted by molar-refractivity contribution is 0.216. The maximum absolute atomic E-state index is 10.5. The number of halogens is 1. The molecule has 0 aromatic heterocycles. The second-order valence-corrected chi connectivity index (χ2v) is 8.09. The molecule has 1 unspecified atom stereocenters. The zero-order valence-electron chi connectivity index (χ0n) is 15.3. The number of benzene rings is 2. The topological polar surface area (TPSA) is 65.9 Å². The predicted molar refractivity (Wildman–Crippen MR) is 111 cm³/mol. The van der Waals surface area contributed by atoms with E-state index in [0.717, 1.165) is 59.4 Å². The number of nitrogens with zero attached hydrogens (tertiary/aromatic N) is 1. The Morgan fingerprint density at radius 2 is 1.89 bits per heavy atom. The molecule has 0 saturated carbocycles. The van der Waals surface area contributed by atoms with Gasteiger partial charge in [-0.25, -0.2) is 0 Å². The van der Waals surface area contributed by atoms with Crippen LogP contribution >= 0.6 is 15.9 Å². The standard InChI is InChI=1S/C21H24BrN3O2/c1-27-16-5-2-14(3-6-16)18-13-19(17-12-15(22)4-7-20(17)26)25-21(24-18)8-10-23-11-9-21/h2-7,12,19,23,25-26H,8-11,13H2,1H3. The molecule has 2 aliphatic heterocycles. The van der Waals surface area contributed by atoms with Gasteiger partial charge in [0.1, 0.15) is 17.2 Å². The highest BCUT2D eigenvalue weighted by Gasteiger charge is 2.39. The van der Waals surface area contributed by atoms with Gasteiger partial charge in [0.25, 0.3) is 0 Å². The van der Waals surface area contributed by atoms with Gasteiger partial charge in [0.05, 0.1) is 7.11 Å². The van der Waals surface area contributed by atoms with Crippen molar-refractivity contribution in [2.75, 3.05) is 20.2 Å². The first kappa shape index (κ1) is 18.5. The smallest absolute Gasteiger partial charge is 0.120 e. The largest absolute Gasteiger partial charge is 0.508 e. The van der Waals surface area contributed by atoms with Crippen molar-refractivity contribution in [3.63, 3.8) is 0 Å². The molecule has 0 bridgehead atoms. The number of aliphatic imine (C=N–C) groups is 1. The molecule has 2 aromatic carbocycles. The SMILES string of the molecule is COc1ccc(C2=NC3(CCNCC3)NC(c3cc(Br)ccc3O)C2)cc1. The van der Waals surface area contributed by atoms with Gasteiger partial charge in [0, 0.05) is 28.2 Å². The second-order valence-electron chi connectivity index (χ2n) is 7.17. The van der Waals surface area contributed by atoms with Gasteiger partial charge in [-0.1, -0.05) is 15.9 Å². The molecule has 0 aliphatic carbocycles. The van der Waals surface area contributed by atoms with Gasteiger partial charge in [0.15, 0.2) is 0 Å². The van der Waals surface area contributed by atoms with E-state index < -0.39 is 0 Å². The molecular formula is C21H24BrN3O2. The van der Waals surface area contributed by atoms with Gasteiger partial charge in [-0.3, -0.25) is 10.3 Å². The normalized spacial score (nSPS) is 21.7. The van der Waals surface area contributed by atoms with Gasteiger partial charge in [-0.2, -0.15) is 0 Å². The molecule has 27 heavy (non-hydrogen) atoms. The monoisotopic (exact) mass is 429 g/mol. The third kappa shape index (κ3) is 3.88. The van der Waals surface area contributed by atoms with Gasteiger partial charge < -0.3 is 15.2 Å². The maximum atomic E-state index is 10.5. The number of phenols is 1. The Hall–Kier alpha value is -1.89. The van der Waals surface area contributed by atoms with E-state index in [0.29, 0.717) is 5.75 Å². The van der Waals surface area contributed by atoms with Crippen molar-refractivity contribution in [1.82, 2.24) is 10.6 Å². The predicted octanol–water partition coefficient (Wildman–Crippen LogP) is 3.77. The Balaban J connectivity index is 1.73. The molecule has 5 nitrogen and oxygen atoms in total. The molecule has 0 amide bonds. The molecule has 1 saturated heterocycles. The number of phenolic OH excluding ortho intramolecular Hbond substituents is 1. The van der Waals surface area contributed by atoms with Crippen molar-refractivity contribution in [3.05, 3.63) is 58.1 Å². The third-order valence-corrected chi connectivity index (χ3v) is 5.90. The number of rotatable bonds is 3. The van der Waals surface area contributed by atoms with Crippen molar-refractivity contribution >= 4 is 21.6 Å². The lowest BCUT2D eigenvalue weighted by Crippen LogP contribution is -2.55. The van der Waals surface area contributed by atoms with E-state index in [9.17, 15) is 5.11 Å². The molecule has 0 radical (unpaired) electrons. The number of hydrogen-bond donors (Lipinski definition) is 3. The van der Waals surface area contributed by atoms with Crippen LogP contribution in [0.2, 0.25) is 0 Å². The Bertz CT molecular complexity index is 845. The van der Waals surface area contributed by atoms with E-state index in [1.54, 1.807) is 13.2 Å². The highest BCUT2D eigenvalue weighted by Crippen LogP contribution is 2.37.